The van der Waals surface area contributed by atoms with Crippen LogP contribution in [0, 0.1) is 0 Å². The molecule has 5 nitrogen and oxygen atoms in total. The highest BCUT2D eigenvalue weighted by atomic mass is 35.5. The van der Waals surface area contributed by atoms with Crippen molar-refractivity contribution in [2.75, 3.05) is 17.8 Å². The van der Waals surface area contributed by atoms with Crippen molar-refractivity contribution >= 4 is 27.5 Å². The van der Waals surface area contributed by atoms with Crippen LogP contribution in [0.3, 0.4) is 0 Å². The third-order valence-corrected chi connectivity index (χ3v) is 4.69. The molecule has 1 aliphatic heterocycles. The fourth-order valence-electron chi connectivity index (χ4n) is 1.89. The molecule has 1 aliphatic rings. The largest absolute Gasteiger partial charge is 0.506 e. The van der Waals surface area contributed by atoms with E-state index in [1.165, 1.54) is 22.5 Å². The summed E-state index contributed by atoms with van der Waals surface area (Å²) in [5.74, 6) is -0.0717. The molecule has 0 saturated carbocycles. The molecule has 0 amide bonds. The number of rotatable bonds is 3. The zero-order valence-corrected chi connectivity index (χ0v) is 11.3. The van der Waals surface area contributed by atoms with Crippen LogP contribution in [0.5, 0.6) is 5.75 Å². The van der Waals surface area contributed by atoms with Gasteiger partial charge in [-0.3, -0.25) is 4.72 Å². The lowest BCUT2D eigenvalue weighted by atomic mass is 10.2. The van der Waals surface area contributed by atoms with Crippen LogP contribution in [0.25, 0.3) is 0 Å². The molecule has 7 heteroatoms. The number of anilines is 1. The van der Waals surface area contributed by atoms with Gasteiger partial charge in [0.25, 0.3) is 0 Å². The fourth-order valence-corrected chi connectivity index (χ4v) is 3.36. The van der Waals surface area contributed by atoms with Gasteiger partial charge in [0.05, 0.1) is 10.7 Å². The number of halogens is 1. The summed E-state index contributed by atoms with van der Waals surface area (Å²) in [4.78, 5) is 0. The van der Waals surface area contributed by atoms with Crippen molar-refractivity contribution in [3.8, 4) is 5.75 Å². The van der Waals surface area contributed by atoms with Gasteiger partial charge in [0.15, 0.2) is 0 Å². The molecule has 18 heavy (non-hydrogen) atoms. The maximum absolute atomic E-state index is 12.1. The Morgan fingerprint density at radius 3 is 2.50 bits per heavy atom. The van der Waals surface area contributed by atoms with Gasteiger partial charge in [-0.15, -0.1) is 0 Å². The summed E-state index contributed by atoms with van der Waals surface area (Å²) in [6, 6.07) is 4.22. The number of benzene rings is 1. The second-order valence-corrected chi connectivity index (χ2v) is 6.31. The first-order chi connectivity index (χ1) is 8.49. The minimum absolute atomic E-state index is 0.0717. The van der Waals surface area contributed by atoms with Crippen molar-refractivity contribution in [1.29, 1.82) is 0 Å². The third-order valence-electron chi connectivity index (χ3n) is 2.85. The fraction of sp³-hybridized carbons (Fsp3) is 0.455. The summed E-state index contributed by atoms with van der Waals surface area (Å²) in [5.41, 5.74) is 0.350. The summed E-state index contributed by atoms with van der Waals surface area (Å²) in [7, 11) is -3.52. The summed E-state index contributed by atoms with van der Waals surface area (Å²) in [6.45, 7) is 1.09. The third kappa shape index (κ3) is 3.07. The molecule has 1 aromatic rings. The molecule has 0 aliphatic carbocycles. The Morgan fingerprint density at radius 2 is 1.89 bits per heavy atom. The van der Waals surface area contributed by atoms with E-state index >= 15 is 0 Å². The van der Waals surface area contributed by atoms with Crippen LogP contribution < -0.4 is 4.72 Å². The summed E-state index contributed by atoms with van der Waals surface area (Å²) in [6.07, 6.45) is 2.84. The van der Waals surface area contributed by atoms with Gasteiger partial charge < -0.3 is 5.11 Å². The molecule has 0 bridgehead atoms. The molecule has 1 aromatic carbocycles. The van der Waals surface area contributed by atoms with Gasteiger partial charge in [0.2, 0.25) is 0 Å². The van der Waals surface area contributed by atoms with Crippen LogP contribution in [0.15, 0.2) is 18.2 Å². The second-order valence-electron chi connectivity index (χ2n) is 4.23. The van der Waals surface area contributed by atoms with Crippen molar-refractivity contribution in [1.82, 2.24) is 4.31 Å². The minimum atomic E-state index is -3.52. The smallest absolute Gasteiger partial charge is 0.301 e. The standard InChI is InChI=1S/C11H15ClN2O3S/c12-10-8-9(4-5-11(10)15)13-18(16,17)14-6-2-1-3-7-14/h4-5,8,13,15H,1-3,6-7H2. The molecule has 1 heterocycles. The molecule has 0 spiro atoms. The molecular weight excluding hydrogens is 276 g/mol. The lowest BCUT2D eigenvalue weighted by Gasteiger charge is -2.26. The van der Waals surface area contributed by atoms with E-state index in [-0.39, 0.29) is 10.8 Å². The van der Waals surface area contributed by atoms with E-state index in [4.69, 9.17) is 11.6 Å². The molecule has 0 aromatic heterocycles. The highest BCUT2D eigenvalue weighted by molar-refractivity contribution is 7.90. The average molecular weight is 291 g/mol. The average Bonchev–Trinajstić information content (AvgIpc) is 2.35. The Bertz CT molecular complexity index is 527. The van der Waals surface area contributed by atoms with Gasteiger partial charge in [-0.2, -0.15) is 12.7 Å². The van der Waals surface area contributed by atoms with E-state index in [0.717, 1.165) is 19.3 Å². The zero-order chi connectivity index (χ0) is 13.2. The Kier molecular flexibility index (Phi) is 3.99. The van der Waals surface area contributed by atoms with Crippen molar-refractivity contribution in [2.24, 2.45) is 0 Å². The maximum Gasteiger partial charge on any atom is 0.301 e. The Balaban J connectivity index is 2.13. The van der Waals surface area contributed by atoms with E-state index in [0.29, 0.717) is 18.8 Å². The molecule has 1 fully saturated rings. The first-order valence-corrected chi connectivity index (χ1v) is 7.57. The highest BCUT2D eigenvalue weighted by Gasteiger charge is 2.23. The Morgan fingerprint density at radius 1 is 1.22 bits per heavy atom. The molecule has 1 saturated heterocycles. The van der Waals surface area contributed by atoms with Crippen molar-refractivity contribution in [3.05, 3.63) is 23.2 Å². The number of piperidine rings is 1. The highest BCUT2D eigenvalue weighted by Crippen LogP contribution is 2.27. The number of nitrogens with one attached hydrogen (secondary N) is 1. The number of phenolic OH excluding ortho intramolecular Hbond substituents is 1. The molecule has 2 rings (SSSR count). The van der Waals surface area contributed by atoms with Crippen LogP contribution >= 0.6 is 11.6 Å². The van der Waals surface area contributed by atoms with Crippen LogP contribution in [0.1, 0.15) is 19.3 Å². The number of hydrogen-bond donors (Lipinski definition) is 2. The minimum Gasteiger partial charge on any atom is -0.506 e. The number of hydrogen-bond acceptors (Lipinski definition) is 3. The van der Waals surface area contributed by atoms with E-state index in [1.807, 2.05) is 0 Å². The monoisotopic (exact) mass is 290 g/mol. The summed E-state index contributed by atoms with van der Waals surface area (Å²) < 4.78 is 28.0. The van der Waals surface area contributed by atoms with Crippen LogP contribution in [-0.2, 0) is 10.2 Å². The second kappa shape index (κ2) is 5.34. The van der Waals surface area contributed by atoms with Gasteiger partial charge in [-0.25, -0.2) is 0 Å². The molecule has 0 radical (unpaired) electrons. The van der Waals surface area contributed by atoms with Gasteiger partial charge >= 0.3 is 10.2 Å². The van der Waals surface area contributed by atoms with Crippen LogP contribution in [-0.4, -0.2) is 30.9 Å². The van der Waals surface area contributed by atoms with Crippen LogP contribution in [0.4, 0.5) is 5.69 Å². The first kappa shape index (κ1) is 13.5. The van der Waals surface area contributed by atoms with Gasteiger partial charge in [0, 0.05) is 13.1 Å². The number of nitrogens with zero attached hydrogens (tertiary/aromatic N) is 1. The van der Waals surface area contributed by atoms with E-state index in [2.05, 4.69) is 4.72 Å². The molecule has 0 atom stereocenters. The predicted octanol–water partition coefficient (Wildman–Crippen LogP) is 2.19. The molecule has 0 unspecified atom stereocenters. The van der Waals surface area contributed by atoms with Crippen molar-refractivity contribution < 1.29 is 13.5 Å². The van der Waals surface area contributed by atoms with E-state index < -0.39 is 10.2 Å². The number of phenols is 1. The Labute approximate surface area is 112 Å². The van der Waals surface area contributed by atoms with Gasteiger partial charge in [0.1, 0.15) is 5.75 Å². The van der Waals surface area contributed by atoms with Crippen molar-refractivity contribution in [3.63, 3.8) is 0 Å². The van der Waals surface area contributed by atoms with Gasteiger partial charge in [-0.1, -0.05) is 18.0 Å². The summed E-state index contributed by atoms with van der Waals surface area (Å²) >= 11 is 5.73. The Hall–Kier alpha value is -0.980. The van der Waals surface area contributed by atoms with Gasteiger partial charge in [-0.05, 0) is 31.0 Å². The molecule has 100 valence electrons. The normalized spacial score (nSPS) is 17.6. The zero-order valence-electron chi connectivity index (χ0n) is 9.76. The first-order valence-electron chi connectivity index (χ1n) is 5.75. The van der Waals surface area contributed by atoms with E-state index in [1.54, 1.807) is 0 Å². The maximum atomic E-state index is 12.1. The lowest BCUT2D eigenvalue weighted by Crippen LogP contribution is -2.39. The topological polar surface area (TPSA) is 69.6 Å². The van der Waals surface area contributed by atoms with Crippen LogP contribution in [0.2, 0.25) is 5.02 Å². The SMILES string of the molecule is O=S(=O)(Nc1ccc(O)c(Cl)c1)N1CCCCC1. The van der Waals surface area contributed by atoms with Crippen molar-refractivity contribution in [2.45, 2.75) is 19.3 Å². The van der Waals surface area contributed by atoms with E-state index in [9.17, 15) is 13.5 Å². The number of aromatic hydroxyl groups is 1. The quantitative estimate of drug-likeness (QED) is 0.839. The molecular formula is C11H15ClN2O3S. The predicted molar refractivity (Wildman–Crippen MR) is 71.1 cm³/mol. The molecule has 2 N–H and O–H groups in total. The lowest BCUT2D eigenvalue weighted by molar-refractivity contribution is 0.349. The summed E-state index contributed by atoms with van der Waals surface area (Å²) in [5, 5.41) is 9.39.